The highest BCUT2D eigenvalue weighted by Crippen LogP contribution is 2.25. The summed E-state index contributed by atoms with van der Waals surface area (Å²) in [5.41, 5.74) is 1.55. The SMILES string of the molecule is CCC(C)Oc1cccc(C(=O)Nc2ccccc2C(=O)N(C)C2CCCCC2)c1. The second kappa shape index (κ2) is 10.3. The molecule has 0 aliphatic heterocycles. The molecule has 2 aromatic rings. The van der Waals surface area contributed by atoms with Gasteiger partial charge >= 0.3 is 0 Å². The Labute approximate surface area is 179 Å². The number of ether oxygens (including phenoxy) is 1. The molecule has 3 rings (SSSR count). The molecule has 0 spiro atoms. The molecule has 1 aliphatic rings. The van der Waals surface area contributed by atoms with Gasteiger partial charge in [0.25, 0.3) is 11.8 Å². The minimum absolute atomic E-state index is 0.0494. The molecule has 1 saturated carbocycles. The van der Waals surface area contributed by atoms with Gasteiger partial charge < -0.3 is 15.0 Å². The molecule has 2 amide bonds. The number of carbonyl (C=O) groups is 2. The third-order valence-electron chi connectivity index (χ3n) is 5.86. The average molecular weight is 409 g/mol. The first kappa shape index (κ1) is 21.9. The van der Waals surface area contributed by atoms with Gasteiger partial charge in [-0.2, -0.15) is 0 Å². The Hall–Kier alpha value is -2.82. The molecular formula is C25H32N2O3. The van der Waals surface area contributed by atoms with Gasteiger partial charge in [-0.1, -0.05) is 44.4 Å². The highest BCUT2D eigenvalue weighted by Gasteiger charge is 2.25. The molecule has 1 unspecified atom stereocenters. The van der Waals surface area contributed by atoms with E-state index in [1.54, 1.807) is 30.3 Å². The van der Waals surface area contributed by atoms with Crippen molar-refractivity contribution in [1.29, 1.82) is 0 Å². The van der Waals surface area contributed by atoms with Crippen LogP contribution in [0.25, 0.3) is 0 Å². The van der Waals surface area contributed by atoms with Crippen LogP contribution in [0, 0.1) is 0 Å². The van der Waals surface area contributed by atoms with E-state index in [-0.39, 0.29) is 24.0 Å². The van der Waals surface area contributed by atoms with E-state index in [2.05, 4.69) is 12.2 Å². The predicted molar refractivity (Wildman–Crippen MR) is 120 cm³/mol. The lowest BCUT2D eigenvalue weighted by molar-refractivity contribution is 0.0697. The molecule has 1 N–H and O–H groups in total. The molecule has 1 fully saturated rings. The molecule has 1 atom stereocenters. The van der Waals surface area contributed by atoms with Crippen molar-refractivity contribution in [3.05, 3.63) is 59.7 Å². The smallest absolute Gasteiger partial charge is 0.255 e. The van der Waals surface area contributed by atoms with Crippen LogP contribution in [0.2, 0.25) is 0 Å². The Morgan fingerprint density at radius 1 is 1.10 bits per heavy atom. The second-order valence-electron chi connectivity index (χ2n) is 8.07. The number of amides is 2. The van der Waals surface area contributed by atoms with E-state index in [0.717, 1.165) is 32.1 Å². The summed E-state index contributed by atoms with van der Waals surface area (Å²) in [4.78, 5) is 27.9. The predicted octanol–water partition coefficient (Wildman–Crippen LogP) is 5.52. The maximum atomic E-state index is 13.1. The monoisotopic (exact) mass is 408 g/mol. The van der Waals surface area contributed by atoms with Crippen molar-refractivity contribution < 1.29 is 14.3 Å². The summed E-state index contributed by atoms with van der Waals surface area (Å²) in [6.07, 6.45) is 6.62. The van der Waals surface area contributed by atoms with Crippen molar-refractivity contribution in [2.45, 2.75) is 64.5 Å². The Morgan fingerprint density at radius 3 is 2.57 bits per heavy atom. The van der Waals surface area contributed by atoms with Crippen LogP contribution in [0.15, 0.2) is 48.5 Å². The molecule has 5 heteroatoms. The van der Waals surface area contributed by atoms with Crippen LogP contribution in [-0.4, -0.2) is 35.9 Å². The number of anilines is 1. The molecule has 0 bridgehead atoms. The van der Waals surface area contributed by atoms with Crippen molar-refractivity contribution >= 4 is 17.5 Å². The van der Waals surface area contributed by atoms with Crippen molar-refractivity contribution in [3.63, 3.8) is 0 Å². The molecule has 0 saturated heterocycles. The number of carbonyl (C=O) groups excluding carboxylic acids is 2. The highest BCUT2D eigenvalue weighted by molar-refractivity contribution is 6.09. The van der Waals surface area contributed by atoms with E-state index in [1.807, 2.05) is 37.1 Å². The molecular weight excluding hydrogens is 376 g/mol. The minimum Gasteiger partial charge on any atom is -0.491 e. The number of hydrogen-bond donors (Lipinski definition) is 1. The van der Waals surface area contributed by atoms with Gasteiger partial charge in [0.2, 0.25) is 0 Å². The van der Waals surface area contributed by atoms with Crippen LogP contribution in [-0.2, 0) is 0 Å². The minimum atomic E-state index is -0.259. The molecule has 0 radical (unpaired) electrons. The van der Waals surface area contributed by atoms with E-state index < -0.39 is 0 Å². The highest BCUT2D eigenvalue weighted by atomic mass is 16.5. The maximum Gasteiger partial charge on any atom is 0.255 e. The zero-order valence-electron chi connectivity index (χ0n) is 18.2. The van der Waals surface area contributed by atoms with Crippen molar-refractivity contribution in [2.75, 3.05) is 12.4 Å². The lowest BCUT2D eigenvalue weighted by Crippen LogP contribution is -2.38. The first-order chi connectivity index (χ1) is 14.5. The van der Waals surface area contributed by atoms with Crippen LogP contribution < -0.4 is 10.1 Å². The molecule has 0 heterocycles. The Kier molecular flexibility index (Phi) is 7.50. The van der Waals surface area contributed by atoms with Gasteiger partial charge in [-0.05, 0) is 56.5 Å². The van der Waals surface area contributed by atoms with Crippen molar-refractivity contribution in [3.8, 4) is 5.75 Å². The molecule has 0 aromatic heterocycles. The topological polar surface area (TPSA) is 58.6 Å². The van der Waals surface area contributed by atoms with E-state index in [0.29, 0.717) is 22.6 Å². The first-order valence-electron chi connectivity index (χ1n) is 10.9. The van der Waals surface area contributed by atoms with Crippen LogP contribution in [0.4, 0.5) is 5.69 Å². The Morgan fingerprint density at radius 2 is 1.83 bits per heavy atom. The summed E-state index contributed by atoms with van der Waals surface area (Å²) in [6, 6.07) is 14.6. The van der Waals surface area contributed by atoms with Gasteiger partial charge in [0.1, 0.15) is 5.75 Å². The van der Waals surface area contributed by atoms with Crippen molar-refractivity contribution in [2.24, 2.45) is 0 Å². The summed E-state index contributed by atoms with van der Waals surface area (Å²) in [6.45, 7) is 4.05. The Balaban J connectivity index is 1.75. The zero-order chi connectivity index (χ0) is 21.5. The summed E-state index contributed by atoms with van der Waals surface area (Å²) < 4.78 is 5.82. The van der Waals surface area contributed by atoms with Gasteiger partial charge in [0.05, 0.1) is 17.4 Å². The fourth-order valence-corrected chi connectivity index (χ4v) is 3.82. The van der Waals surface area contributed by atoms with Crippen LogP contribution >= 0.6 is 0 Å². The van der Waals surface area contributed by atoms with Crippen LogP contribution in [0.1, 0.15) is 73.1 Å². The average Bonchev–Trinajstić information content (AvgIpc) is 2.79. The van der Waals surface area contributed by atoms with Gasteiger partial charge in [-0.3, -0.25) is 9.59 Å². The molecule has 160 valence electrons. The zero-order valence-corrected chi connectivity index (χ0v) is 18.2. The fourth-order valence-electron chi connectivity index (χ4n) is 3.82. The standard InChI is InChI=1S/C25H32N2O3/c1-4-18(2)30-21-14-10-11-19(17-21)24(28)26-23-16-9-8-15-22(23)25(29)27(3)20-12-6-5-7-13-20/h8-11,14-18,20H,4-7,12-13H2,1-3H3,(H,26,28). The number of rotatable bonds is 7. The van der Waals surface area contributed by atoms with Crippen LogP contribution in [0.3, 0.4) is 0 Å². The van der Waals surface area contributed by atoms with Crippen LogP contribution in [0.5, 0.6) is 5.75 Å². The lowest BCUT2D eigenvalue weighted by atomic mass is 9.94. The normalized spacial score (nSPS) is 15.3. The summed E-state index contributed by atoms with van der Waals surface area (Å²) in [5, 5.41) is 2.92. The number of nitrogens with zero attached hydrogens (tertiary/aromatic N) is 1. The van der Waals surface area contributed by atoms with E-state index in [9.17, 15) is 9.59 Å². The molecule has 5 nitrogen and oxygen atoms in total. The third kappa shape index (κ3) is 5.41. The third-order valence-corrected chi connectivity index (χ3v) is 5.86. The number of hydrogen-bond acceptors (Lipinski definition) is 3. The quantitative estimate of drug-likeness (QED) is 0.656. The number of nitrogens with one attached hydrogen (secondary N) is 1. The van der Waals surface area contributed by atoms with E-state index >= 15 is 0 Å². The van der Waals surface area contributed by atoms with Crippen molar-refractivity contribution in [1.82, 2.24) is 4.90 Å². The second-order valence-corrected chi connectivity index (χ2v) is 8.07. The first-order valence-corrected chi connectivity index (χ1v) is 10.9. The summed E-state index contributed by atoms with van der Waals surface area (Å²) >= 11 is 0. The van der Waals surface area contributed by atoms with Gasteiger partial charge in [0, 0.05) is 18.7 Å². The Bertz CT molecular complexity index is 874. The molecule has 30 heavy (non-hydrogen) atoms. The summed E-state index contributed by atoms with van der Waals surface area (Å²) in [7, 11) is 1.87. The maximum absolute atomic E-state index is 13.1. The van der Waals surface area contributed by atoms with Gasteiger partial charge in [-0.15, -0.1) is 0 Å². The largest absolute Gasteiger partial charge is 0.491 e. The van der Waals surface area contributed by atoms with E-state index in [4.69, 9.17) is 4.74 Å². The summed E-state index contributed by atoms with van der Waals surface area (Å²) in [5.74, 6) is 0.357. The molecule has 2 aromatic carbocycles. The lowest BCUT2D eigenvalue weighted by Gasteiger charge is -2.31. The number of para-hydroxylation sites is 1. The fraction of sp³-hybridized carbons (Fsp3) is 0.440. The van der Waals surface area contributed by atoms with Gasteiger partial charge in [0.15, 0.2) is 0 Å². The molecule has 1 aliphatic carbocycles. The number of benzene rings is 2. The van der Waals surface area contributed by atoms with E-state index in [1.165, 1.54) is 6.42 Å². The van der Waals surface area contributed by atoms with Gasteiger partial charge in [-0.25, -0.2) is 0 Å².